The summed E-state index contributed by atoms with van der Waals surface area (Å²) in [5.74, 6) is -0.451. The fraction of sp³-hybridized carbons (Fsp3) is 0.0213. The van der Waals surface area contributed by atoms with Gasteiger partial charge in [0, 0.05) is 33.9 Å². The van der Waals surface area contributed by atoms with Crippen LogP contribution in [0.5, 0.6) is 0 Å². The smallest absolute Gasteiger partial charge is 0.256 e. The zero-order valence-electron chi connectivity index (χ0n) is 28.6. The number of hydrogen-bond acceptors (Lipinski definition) is 4. The lowest BCUT2D eigenvalue weighted by Gasteiger charge is -2.34. The van der Waals surface area contributed by atoms with Crippen LogP contribution >= 0.6 is 0 Å². The molecule has 0 spiro atoms. The molecular formula is C47H34N4O2. The molecule has 8 aromatic rings. The van der Waals surface area contributed by atoms with E-state index in [-0.39, 0.29) is 11.8 Å². The van der Waals surface area contributed by atoms with Gasteiger partial charge in [0.2, 0.25) is 0 Å². The van der Waals surface area contributed by atoms with Crippen LogP contribution in [0.1, 0.15) is 43.0 Å². The number of fused-ring (bicyclic) bond motifs is 5. The van der Waals surface area contributed by atoms with E-state index in [1.54, 1.807) is 12.1 Å². The Morgan fingerprint density at radius 2 is 0.811 bits per heavy atom. The molecule has 53 heavy (non-hydrogen) atoms. The molecule has 0 unspecified atom stereocenters. The number of amides is 2. The lowest BCUT2D eigenvalue weighted by atomic mass is 9.67. The van der Waals surface area contributed by atoms with Crippen LogP contribution in [0, 0.1) is 0 Å². The quantitative estimate of drug-likeness (QED) is 0.131. The largest absolute Gasteiger partial charge is 0.399 e. The first-order valence-electron chi connectivity index (χ1n) is 17.5. The number of benzene rings is 8. The average molecular weight is 687 g/mol. The highest BCUT2D eigenvalue weighted by atomic mass is 16.2. The summed E-state index contributed by atoms with van der Waals surface area (Å²) in [4.78, 5) is 27.2. The Balaban J connectivity index is 1.09. The van der Waals surface area contributed by atoms with Gasteiger partial charge in [0.05, 0.1) is 5.41 Å². The van der Waals surface area contributed by atoms with E-state index in [2.05, 4.69) is 83.4 Å². The van der Waals surface area contributed by atoms with Crippen molar-refractivity contribution in [2.24, 2.45) is 0 Å². The summed E-state index contributed by atoms with van der Waals surface area (Å²) in [5, 5.41) is 9.71. The van der Waals surface area contributed by atoms with Gasteiger partial charge in [0.25, 0.3) is 11.8 Å². The van der Waals surface area contributed by atoms with Gasteiger partial charge < -0.3 is 22.1 Å². The molecule has 0 aliphatic heterocycles. The number of hydrogen-bond donors (Lipinski definition) is 4. The van der Waals surface area contributed by atoms with Gasteiger partial charge >= 0.3 is 0 Å². The third-order valence-corrected chi connectivity index (χ3v) is 10.4. The second-order valence-corrected chi connectivity index (χ2v) is 13.5. The number of nitrogen functional groups attached to an aromatic ring is 2. The molecule has 0 saturated heterocycles. The van der Waals surface area contributed by atoms with Crippen LogP contribution in [0.3, 0.4) is 0 Å². The van der Waals surface area contributed by atoms with Crippen molar-refractivity contribution in [1.82, 2.24) is 0 Å². The molecule has 0 heterocycles. The third kappa shape index (κ3) is 5.27. The van der Waals surface area contributed by atoms with E-state index in [9.17, 15) is 9.59 Å². The molecule has 6 nitrogen and oxygen atoms in total. The van der Waals surface area contributed by atoms with Crippen molar-refractivity contribution in [1.29, 1.82) is 0 Å². The summed E-state index contributed by atoms with van der Waals surface area (Å²) in [5.41, 5.74) is 21.9. The number of anilines is 4. The van der Waals surface area contributed by atoms with Gasteiger partial charge in [0.1, 0.15) is 0 Å². The molecule has 0 saturated carbocycles. The molecule has 8 aromatic carbocycles. The molecule has 0 atom stereocenters. The molecule has 0 fully saturated rings. The molecule has 6 heteroatoms. The van der Waals surface area contributed by atoms with Gasteiger partial charge in [-0.3, -0.25) is 9.59 Å². The minimum absolute atomic E-state index is 0.226. The Morgan fingerprint density at radius 3 is 1.25 bits per heavy atom. The average Bonchev–Trinajstić information content (AvgIpc) is 3.49. The zero-order valence-corrected chi connectivity index (χ0v) is 28.6. The Bertz CT molecular complexity index is 2550. The van der Waals surface area contributed by atoms with Crippen molar-refractivity contribution >= 4 is 56.1 Å². The maximum Gasteiger partial charge on any atom is 0.256 e. The maximum absolute atomic E-state index is 13.6. The van der Waals surface area contributed by atoms with Gasteiger partial charge in [-0.25, -0.2) is 0 Å². The van der Waals surface area contributed by atoms with Crippen molar-refractivity contribution in [3.05, 3.63) is 203 Å². The fourth-order valence-electron chi connectivity index (χ4n) is 8.07. The van der Waals surface area contributed by atoms with E-state index in [1.807, 2.05) is 84.9 Å². The van der Waals surface area contributed by atoms with Gasteiger partial charge in [-0.05, 0) is 103 Å². The molecule has 2 amide bonds. The number of rotatable bonds is 6. The monoisotopic (exact) mass is 686 g/mol. The minimum Gasteiger partial charge on any atom is -0.399 e. The van der Waals surface area contributed by atoms with Gasteiger partial charge in [0.15, 0.2) is 0 Å². The first-order valence-corrected chi connectivity index (χ1v) is 17.5. The maximum atomic E-state index is 13.6. The second kappa shape index (κ2) is 12.5. The minimum atomic E-state index is -0.660. The summed E-state index contributed by atoms with van der Waals surface area (Å²) >= 11 is 0. The van der Waals surface area contributed by atoms with Crippen molar-refractivity contribution in [2.75, 3.05) is 22.1 Å². The summed E-state index contributed by atoms with van der Waals surface area (Å²) in [6, 6.07) is 55.9. The van der Waals surface area contributed by atoms with Crippen LogP contribution in [0.2, 0.25) is 0 Å². The Labute approximate surface area is 306 Å². The van der Waals surface area contributed by atoms with E-state index >= 15 is 0 Å². The molecule has 1 aliphatic rings. The van der Waals surface area contributed by atoms with Gasteiger partial charge in [-0.2, -0.15) is 0 Å². The molecule has 0 radical (unpaired) electrons. The topological polar surface area (TPSA) is 110 Å². The summed E-state index contributed by atoms with van der Waals surface area (Å²) in [6.07, 6.45) is 0. The van der Waals surface area contributed by atoms with E-state index in [4.69, 9.17) is 11.5 Å². The Kier molecular flexibility index (Phi) is 7.52. The number of nitrogens with two attached hydrogens (primary N) is 2. The van der Waals surface area contributed by atoms with E-state index in [0.29, 0.717) is 33.9 Å². The van der Waals surface area contributed by atoms with Crippen LogP contribution in [-0.4, -0.2) is 11.8 Å². The predicted molar refractivity (Wildman–Crippen MR) is 216 cm³/mol. The van der Waals surface area contributed by atoms with E-state index in [0.717, 1.165) is 43.8 Å². The lowest BCUT2D eigenvalue weighted by molar-refractivity contribution is 0.102. The number of nitrogens with one attached hydrogen (secondary N) is 2. The van der Waals surface area contributed by atoms with Crippen LogP contribution in [0.4, 0.5) is 22.7 Å². The summed E-state index contributed by atoms with van der Waals surface area (Å²) < 4.78 is 0. The molecule has 0 bridgehead atoms. The first-order chi connectivity index (χ1) is 25.9. The van der Waals surface area contributed by atoms with Crippen molar-refractivity contribution in [2.45, 2.75) is 5.41 Å². The summed E-state index contributed by atoms with van der Waals surface area (Å²) in [6.45, 7) is 0. The highest BCUT2D eigenvalue weighted by Crippen LogP contribution is 2.56. The fourth-order valence-corrected chi connectivity index (χ4v) is 8.07. The molecule has 1 aliphatic carbocycles. The van der Waals surface area contributed by atoms with E-state index < -0.39 is 5.41 Å². The van der Waals surface area contributed by atoms with Crippen molar-refractivity contribution in [3.8, 4) is 11.1 Å². The molecule has 9 rings (SSSR count). The molecule has 0 aromatic heterocycles. The Morgan fingerprint density at radius 1 is 0.434 bits per heavy atom. The lowest BCUT2D eigenvalue weighted by Crippen LogP contribution is -2.28. The van der Waals surface area contributed by atoms with Gasteiger partial charge in [-0.15, -0.1) is 0 Å². The third-order valence-electron chi connectivity index (χ3n) is 10.4. The first kappa shape index (κ1) is 31.8. The molecule has 254 valence electrons. The van der Waals surface area contributed by atoms with E-state index in [1.165, 1.54) is 11.1 Å². The van der Waals surface area contributed by atoms with Crippen molar-refractivity contribution in [3.63, 3.8) is 0 Å². The highest BCUT2D eigenvalue weighted by molar-refractivity contribution is 6.15. The normalized spacial score (nSPS) is 12.6. The predicted octanol–water partition coefficient (Wildman–Crippen LogP) is 10.0. The zero-order chi connectivity index (χ0) is 36.1. The molecule has 6 N–H and O–H groups in total. The number of carbonyl (C=O) groups excluding carboxylic acids is 2. The highest BCUT2D eigenvalue weighted by Gasteiger charge is 2.45. The molecular weight excluding hydrogens is 653 g/mol. The second-order valence-electron chi connectivity index (χ2n) is 13.5. The number of carbonyl (C=O) groups is 2. The van der Waals surface area contributed by atoms with Crippen LogP contribution in [-0.2, 0) is 5.41 Å². The van der Waals surface area contributed by atoms with Crippen LogP contribution in [0.15, 0.2) is 170 Å². The SMILES string of the molecule is Nc1cc(C(=O)Nc2ccc(C3(c4ccc(NC(=O)c5cc(N)cc6ccccc56)cc4)c4ccccc4-c4ccccc43)cc2)c2ccccc2c1. The summed E-state index contributed by atoms with van der Waals surface area (Å²) in [7, 11) is 0. The van der Waals surface area contributed by atoms with Crippen molar-refractivity contribution < 1.29 is 9.59 Å². The standard InChI is InChI=1S/C47H34N4O2/c48-33-25-29-9-1-3-11-37(29)41(27-33)45(52)50-35-21-17-31(18-22-35)47(43-15-7-5-13-39(43)40-14-6-8-16-44(40)47)32-19-23-36(24-20-32)51-46(53)42-28-34(49)26-30-10-2-4-12-38(30)42/h1-28H,48-49H2,(H,50,52)(H,51,53). The Hall–Kier alpha value is -7.18. The van der Waals surface area contributed by atoms with Gasteiger partial charge in [-0.1, -0.05) is 121 Å². The van der Waals surface area contributed by atoms with Crippen LogP contribution < -0.4 is 22.1 Å². The van der Waals surface area contributed by atoms with Crippen LogP contribution in [0.25, 0.3) is 32.7 Å².